The third-order valence-electron chi connectivity index (χ3n) is 4.31. The molecule has 3 atom stereocenters. The predicted molar refractivity (Wildman–Crippen MR) is 61.0 cm³/mol. The summed E-state index contributed by atoms with van der Waals surface area (Å²) in [5.74, 6) is 2.60. The molecule has 0 aromatic heterocycles. The molecule has 3 rings (SSSR count). The molecule has 0 heterocycles. The molecule has 0 aromatic carbocycles. The number of allylic oxidation sites excluding steroid dienone is 2. The first-order valence-corrected chi connectivity index (χ1v) is 6.45. The summed E-state index contributed by atoms with van der Waals surface area (Å²) in [7, 11) is 0. The van der Waals surface area contributed by atoms with E-state index in [4.69, 9.17) is 0 Å². The van der Waals surface area contributed by atoms with Crippen molar-refractivity contribution in [3.05, 3.63) is 11.6 Å². The van der Waals surface area contributed by atoms with Crippen LogP contribution in [0.4, 0.5) is 0 Å². The molecule has 0 N–H and O–H groups in total. The molecule has 0 aromatic rings. The van der Waals surface area contributed by atoms with E-state index in [9.17, 15) is 0 Å². The van der Waals surface area contributed by atoms with Crippen molar-refractivity contribution in [2.24, 2.45) is 23.2 Å². The number of hydrogen-bond donors (Lipinski definition) is 0. The van der Waals surface area contributed by atoms with E-state index in [0.717, 1.165) is 23.1 Å². The normalized spacial score (nSPS) is 37.7. The zero-order valence-electron chi connectivity index (χ0n) is 8.81. The van der Waals surface area contributed by atoms with Gasteiger partial charge in [0.25, 0.3) is 0 Å². The Morgan fingerprint density at radius 2 is 2.31 bits per heavy atom. The molecular weight excluding hydrogens is 224 g/mol. The number of fused-ring (bicyclic) bond motifs is 1. The molecule has 1 heteroatoms. The van der Waals surface area contributed by atoms with Crippen molar-refractivity contribution in [1.82, 2.24) is 0 Å². The largest absolute Gasteiger partial charge is 0.0922 e. The Labute approximate surface area is 89.9 Å². The van der Waals surface area contributed by atoms with Crippen molar-refractivity contribution < 1.29 is 0 Å². The molecule has 1 fully saturated rings. The molecule has 0 saturated heterocycles. The summed E-state index contributed by atoms with van der Waals surface area (Å²) < 4.78 is 0. The molecular formula is C12H19Br. The fourth-order valence-corrected chi connectivity index (χ4v) is 3.41. The van der Waals surface area contributed by atoms with Gasteiger partial charge in [0, 0.05) is 5.33 Å². The van der Waals surface area contributed by atoms with Gasteiger partial charge in [-0.1, -0.05) is 48.4 Å². The Morgan fingerprint density at radius 3 is 2.77 bits per heavy atom. The molecule has 13 heavy (non-hydrogen) atoms. The fourth-order valence-electron chi connectivity index (χ4n) is 3.04. The van der Waals surface area contributed by atoms with Gasteiger partial charge in [-0.15, -0.1) is 0 Å². The molecule has 3 unspecified atom stereocenters. The van der Waals surface area contributed by atoms with Crippen LogP contribution in [0.2, 0.25) is 0 Å². The monoisotopic (exact) mass is 242 g/mol. The van der Waals surface area contributed by atoms with Crippen molar-refractivity contribution >= 4 is 15.9 Å². The highest BCUT2D eigenvalue weighted by Gasteiger charge is 2.51. The third kappa shape index (κ3) is 1.31. The highest BCUT2D eigenvalue weighted by atomic mass is 79.9. The van der Waals surface area contributed by atoms with Gasteiger partial charge in [-0.25, -0.2) is 0 Å². The highest BCUT2D eigenvalue weighted by molar-refractivity contribution is 9.09. The summed E-state index contributed by atoms with van der Waals surface area (Å²) in [5, 5.41) is 1.12. The van der Waals surface area contributed by atoms with Gasteiger partial charge in [0.1, 0.15) is 0 Å². The van der Waals surface area contributed by atoms with Gasteiger partial charge < -0.3 is 0 Å². The average Bonchev–Trinajstić information content (AvgIpc) is 2.16. The molecule has 3 aliphatic carbocycles. The van der Waals surface area contributed by atoms with Gasteiger partial charge >= 0.3 is 0 Å². The summed E-state index contributed by atoms with van der Waals surface area (Å²) in [5.41, 5.74) is 2.32. The van der Waals surface area contributed by atoms with Gasteiger partial charge in [0.2, 0.25) is 0 Å². The lowest BCUT2D eigenvalue weighted by atomic mass is 9.48. The first kappa shape index (κ1) is 9.76. The van der Waals surface area contributed by atoms with E-state index in [0.29, 0.717) is 5.41 Å². The second kappa shape index (κ2) is 3.12. The Kier molecular flexibility index (Phi) is 2.34. The molecule has 0 aliphatic heterocycles. The molecule has 1 saturated carbocycles. The topological polar surface area (TPSA) is 0 Å². The minimum Gasteiger partial charge on any atom is -0.0922 e. The summed E-state index contributed by atoms with van der Waals surface area (Å²) in [6.07, 6.45) is 5.29. The second-order valence-electron chi connectivity index (χ2n) is 5.30. The van der Waals surface area contributed by atoms with E-state index < -0.39 is 0 Å². The van der Waals surface area contributed by atoms with Gasteiger partial charge in [-0.2, -0.15) is 0 Å². The standard InChI is InChI=1S/C12H19Br/c1-8(7-13)10-5-4-9-6-11(10)12(9,2)3/h5,8-9,11H,4,6-7H2,1-3H3. The Bertz CT molecular complexity index is 240. The first-order valence-electron chi connectivity index (χ1n) is 5.33. The third-order valence-corrected chi connectivity index (χ3v) is 5.28. The van der Waals surface area contributed by atoms with Gasteiger partial charge in [-0.3, -0.25) is 0 Å². The average molecular weight is 243 g/mol. The van der Waals surface area contributed by atoms with Crippen LogP contribution < -0.4 is 0 Å². The number of hydrogen-bond acceptors (Lipinski definition) is 0. The lowest BCUT2D eigenvalue weighted by Gasteiger charge is -2.57. The zero-order valence-corrected chi connectivity index (χ0v) is 10.4. The predicted octanol–water partition coefficient (Wildman–Crippen LogP) is 4.01. The van der Waals surface area contributed by atoms with Crippen LogP contribution in [-0.4, -0.2) is 5.33 Å². The van der Waals surface area contributed by atoms with Crippen LogP contribution in [-0.2, 0) is 0 Å². The molecule has 0 spiro atoms. The second-order valence-corrected chi connectivity index (χ2v) is 5.95. The van der Waals surface area contributed by atoms with Crippen LogP contribution >= 0.6 is 15.9 Å². The maximum Gasteiger partial charge on any atom is 0.00944 e. The number of halogens is 1. The maximum absolute atomic E-state index is 3.59. The Hall–Kier alpha value is 0.220. The smallest absolute Gasteiger partial charge is 0.00944 e. The highest BCUT2D eigenvalue weighted by Crippen LogP contribution is 2.60. The van der Waals surface area contributed by atoms with Crippen LogP contribution in [0.3, 0.4) is 0 Å². The maximum atomic E-state index is 3.59. The molecule has 0 amide bonds. The van der Waals surface area contributed by atoms with Crippen molar-refractivity contribution in [3.63, 3.8) is 0 Å². The van der Waals surface area contributed by atoms with Crippen molar-refractivity contribution in [2.75, 3.05) is 5.33 Å². The lowest BCUT2D eigenvalue weighted by Crippen LogP contribution is -2.49. The van der Waals surface area contributed by atoms with Crippen molar-refractivity contribution in [3.8, 4) is 0 Å². The van der Waals surface area contributed by atoms with Crippen LogP contribution in [0.5, 0.6) is 0 Å². The van der Waals surface area contributed by atoms with E-state index in [1.807, 2.05) is 0 Å². The molecule has 0 nitrogen and oxygen atoms in total. The molecule has 2 bridgehead atoms. The van der Waals surface area contributed by atoms with Gasteiger partial charge in [0.15, 0.2) is 0 Å². The molecule has 0 radical (unpaired) electrons. The van der Waals surface area contributed by atoms with Gasteiger partial charge in [-0.05, 0) is 36.0 Å². The minimum absolute atomic E-state index is 0.598. The van der Waals surface area contributed by atoms with Crippen LogP contribution in [0.1, 0.15) is 33.6 Å². The Morgan fingerprint density at radius 1 is 1.62 bits per heavy atom. The lowest BCUT2D eigenvalue weighted by molar-refractivity contribution is -0.0113. The van der Waals surface area contributed by atoms with Crippen molar-refractivity contribution in [2.45, 2.75) is 33.6 Å². The summed E-state index contributed by atoms with van der Waals surface area (Å²) in [6.45, 7) is 7.23. The SMILES string of the molecule is CC(CBr)C1=CCC2CC1C2(C)C. The number of rotatable bonds is 2. The van der Waals surface area contributed by atoms with Crippen molar-refractivity contribution in [1.29, 1.82) is 0 Å². The first-order chi connectivity index (χ1) is 6.07. The van der Waals surface area contributed by atoms with Crippen LogP contribution in [0.25, 0.3) is 0 Å². The van der Waals surface area contributed by atoms with E-state index >= 15 is 0 Å². The van der Waals surface area contributed by atoms with E-state index in [-0.39, 0.29) is 0 Å². The number of alkyl halides is 1. The van der Waals surface area contributed by atoms with E-state index in [1.54, 1.807) is 5.57 Å². The zero-order chi connectivity index (χ0) is 9.64. The van der Waals surface area contributed by atoms with E-state index in [1.165, 1.54) is 12.8 Å². The van der Waals surface area contributed by atoms with E-state index in [2.05, 4.69) is 42.8 Å². The minimum atomic E-state index is 0.598. The Balaban J connectivity index is 2.18. The van der Waals surface area contributed by atoms with Crippen LogP contribution in [0.15, 0.2) is 11.6 Å². The summed E-state index contributed by atoms with van der Waals surface area (Å²) in [4.78, 5) is 0. The fraction of sp³-hybridized carbons (Fsp3) is 0.833. The van der Waals surface area contributed by atoms with Crippen LogP contribution in [0, 0.1) is 23.2 Å². The molecule has 3 aliphatic rings. The summed E-state index contributed by atoms with van der Waals surface area (Å²) in [6, 6.07) is 0. The quantitative estimate of drug-likeness (QED) is 0.507. The van der Waals surface area contributed by atoms with Gasteiger partial charge in [0.05, 0.1) is 0 Å². The summed E-state index contributed by atoms with van der Waals surface area (Å²) >= 11 is 3.59. The molecule has 74 valence electrons.